The number of hydrogen-bond acceptors (Lipinski definition) is 2. The maximum atomic E-state index is 4.57. The Hall–Kier alpha value is -1.87. The number of halogens is 1. The lowest BCUT2D eigenvalue weighted by atomic mass is 10.2. The SMILES string of the molecule is Brc1ccc(Nc2ccc3ccccc3n2)cc1. The number of nitrogens with one attached hydrogen (secondary N) is 1. The quantitative estimate of drug-likeness (QED) is 0.739. The Morgan fingerprint density at radius 3 is 2.44 bits per heavy atom. The number of fused-ring (bicyclic) bond motifs is 1. The number of nitrogens with zero attached hydrogens (tertiary/aromatic N) is 1. The molecule has 0 amide bonds. The third-order valence-electron chi connectivity index (χ3n) is 2.72. The van der Waals surface area contributed by atoms with Gasteiger partial charge in [-0.3, -0.25) is 0 Å². The van der Waals surface area contributed by atoms with Crippen molar-refractivity contribution in [2.75, 3.05) is 5.32 Å². The summed E-state index contributed by atoms with van der Waals surface area (Å²) in [6.07, 6.45) is 0. The monoisotopic (exact) mass is 298 g/mol. The molecule has 1 N–H and O–H groups in total. The first-order valence-electron chi connectivity index (χ1n) is 5.70. The van der Waals surface area contributed by atoms with Crippen LogP contribution in [0.25, 0.3) is 10.9 Å². The molecule has 1 heterocycles. The van der Waals surface area contributed by atoms with Crippen LogP contribution >= 0.6 is 15.9 Å². The number of anilines is 2. The summed E-state index contributed by atoms with van der Waals surface area (Å²) in [4.78, 5) is 4.57. The first kappa shape index (κ1) is 11.2. The highest BCUT2D eigenvalue weighted by Crippen LogP contribution is 2.20. The largest absolute Gasteiger partial charge is 0.340 e. The normalized spacial score (nSPS) is 10.5. The molecule has 0 saturated heterocycles. The van der Waals surface area contributed by atoms with Crippen molar-refractivity contribution in [3.63, 3.8) is 0 Å². The van der Waals surface area contributed by atoms with Crippen LogP contribution in [0.1, 0.15) is 0 Å². The molecule has 0 fully saturated rings. The highest BCUT2D eigenvalue weighted by Gasteiger charge is 1.98. The van der Waals surface area contributed by atoms with Crippen molar-refractivity contribution >= 4 is 38.3 Å². The number of benzene rings is 2. The van der Waals surface area contributed by atoms with E-state index in [9.17, 15) is 0 Å². The molecule has 0 aliphatic rings. The van der Waals surface area contributed by atoms with E-state index in [0.29, 0.717) is 0 Å². The molecule has 0 bridgehead atoms. The molecule has 2 nitrogen and oxygen atoms in total. The Morgan fingerprint density at radius 1 is 0.833 bits per heavy atom. The Kier molecular flexibility index (Phi) is 2.99. The third kappa shape index (κ3) is 2.36. The van der Waals surface area contributed by atoms with Gasteiger partial charge in [-0.25, -0.2) is 4.98 Å². The molecule has 1 aromatic heterocycles. The van der Waals surface area contributed by atoms with E-state index in [4.69, 9.17) is 0 Å². The van der Waals surface area contributed by atoms with E-state index >= 15 is 0 Å². The van der Waals surface area contributed by atoms with Gasteiger partial charge in [0.05, 0.1) is 5.52 Å². The van der Waals surface area contributed by atoms with Crippen LogP contribution in [0, 0.1) is 0 Å². The van der Waals surface area contributed by atoms with E-state index in [1.807, 2.05) is 48.5 Å². The lowest BCUT2D eigenvalue weighted by Gasteiger charge is -2.06. The molecule has 0 atom stereocenters. The minimum atomic E-state index is 0.857. The van der Waals surface area contributed by atoms with E-state index in [0.717, 1.165) is 26.9 Å². The molecule has 0 aliphatic heterocycles. The second-order valence-electron chi connectivity index (χ2n) is 4.02. The Bertz CT molecular complexity index is 677. The Morgan fingerprint density at radius 2 is 1.61 bits per heavy atom. The molecule has 3 aromatic rings. The van der Waals surface area contributed by atoms with E-state index in [2.05, 4.69) is 38.4 Å². The van der Waals surface area contributed by atoms with Gasteiger partial charge in [0.1, 0.15) is 5.82 Å². The minimum Gasteiger partial charge on any atom is -0.340 e. The van der Waals surface area contributed by atoms with Crippen molar-refractivity contribution in [2.24, 2.45) is 0 Å². The summed E-state index contributed by atoms with van der Waals surface area (Å²) in [7, 11) is 0. The summed E-state index contributed by atoms with van der Waals surface area (Å²) in [6, 6.07) is 20.2. The van der Waals surface area contributed by atoms with E-state index in [1.165, 1.54) is 0 Å². The van der Waals surface area contributed by atoms with Crippen molar-refractivity contribution < 1.29 is 0 Å². The van der Waals surface area contributed by atoms with Gasteiger partial charge in [0, 0.05) is 15.5 Å². The number of aromatic nitrogens is 1. The number of pyridine rings is 1. The fraction of sp³-hybridized carbons (Fsp3) is 0. The molecule has 88 valence electrons. The summed E-state index contributed by atoms with van der Waals surface area (Å²) in [5.41, 5.74) is 2.03. The average Bonchev–Trinajstić information content (AvgIpc) is 2.41. The van der Waals surface area contributed by atoms with Crippen LogP contribution in [0.2, 0.25) is 0 Å². The summed E-state index contributed by atoms with van der Waals surface area (Å²) in [5.74, 6) is 0.857. The van der Waals surface area contributed by atoms with Gasteiger partial charge in [0.25, 0.3) is 0 Å². The molecular formula is C15H11BrN2. The summed E-state index contributed by atoms with van der Waals surface area (Å²) < 4.78 is 1.07. The first-order valence-corrected chi connectivity index (χ1v) is 6.49. The van der Waals surface area contributed by atoms with Crippen LogP contribution in [0.4, 0.5) is 11.5 Å². The third-order valence-corrected chi connectivity index (χ3v) is 3.24. The van der Waals surface area contributed by atoms with Crippen LogP contribution in [-0.2, 0) is 0 Å². The van der Waals surface area contributed by atoms with Crippen molar-refractivity contribution in [3.05, 3.63) is 65.1 Å². The van der Waals surface area contributed by atoms with Gasteiger partial charge < -0.3 is 5.32 Å². The lowest BCUT2D eigenvalue weighted by Crippen LogP contribution is -1.93. The maximum Gasteiger partial charge on any atom is 0.131 e. The minimum absolute atomic E-state index is 0.857. The molecular weight excluding hydrogens is 288 g/mol. The van der Waals surface area contributed by atoms with Crippen molar-refractivity contribution in [2.45, 2.75) is 0 Å². The molecule has 0 saturated carbocycles. The van der Waals surface area contributed by atoms with Crippen molar-refractivity contribution in [1.29, 1.82) is 0 Å². The van der Waals surface area contributed by atoms with E-state index in [-0.39, 0.29) is 0 Å². The van der Waals surface area contributed by atoms with Gasteiger partial charge in [-0.05, 0) is 42.5 Å². The zero-order chi connectivity index (χ0) is 12.4. The van der Waals surface area contributed by atoms with Gasteiger partial charge >= 0.3 is 0 Å². The standard InChI is InChI=1S/C15H11BrN2/c16-12-6-8-13(9-7-12)17-15-10-5-11-3-1-2-4-14(11)18-15/h1-10H,(H,17,18). The maximum absolute atomic E-state index is 4.57. The summed E-state index contributed by atoms with van der Waals surface area (Å²) >= 11 is 3.42. The van der Waals surface area contributed by atoms with Gasteiger partial charge in [-0.1, -0.05) is 34.1 Å². The highest BCUT2D eigenvalue weighted by molar-refractivity contribution is 9.10. The second kappa shape index (κ2) is 4.78. The van der Waals surface area contributed by atoms with Crippen LogP contribution in [-0.4, -0.2) is 4.98 Å². The van der Waals surface area contributed by atoms with E-state index in [1.54, 1.807) is 0 Å². The smallest absolute Gasteiger partial charge is 0.131 e. The molecule has 0 aliphatic carbocycles. The van der Waals surface area contributed by atoms with Gasteiger partial charge in [0.2, 0.25) is 0 Å². The molecule has 0 radical (unpaired) electrons. The Balaban J connectivity index is 1.92. The fourth-order valence-electron chi connectivity index (χ4n) is 1.82. The first-order chi connectivity index (χ1) is 8.81. The molecule has 2 aromatic carbocycles. The highest BCUT2D eigenvalue weighted by atomic mass is 79.9. The topological polar surface area (TPSA) is 24.9 Å². The predicted molar refractivity (Wildman–Crippen MR) is 79.2 cm³/mol. The zero-order valence-electron chi connectivity index (χ0n) is 9.60. The number of para-hydroxylation sites is 1. The van der Waals surface area contributed by atoms with Crippen LogP contribution in [0.3, 0.4) is 0 Å². The summed E-state index contributed by atoms with van der Waals surface area (Å²) in [5, 5.41) is 4.44. The van der Waals surface area contributed by atoms with Crippen LogP contribution < -0.4 is 5.32 Å². The van der Waals surface area contributed by atoms with Gasteiger partial charge in [-0.2, -0.15) is 0 Å². The molecule has 3 heteroatoms. The van der Waals surface area contributed by atoms with Gasteiger partial charge in [-0.15, -0.1) is 0 Å². The van der Waals surface area contributed by atoms with Gasteiger partial charge in [0.15, 0.2) is 0 Å². The van der Waals surface area contributed by atoms with Crippen LogP contribution in [0.15, 0.2) is 65.1 Å². The summed E-state index contributed by atoms with van der Waals surface area (Å²) in [6.45, 7) is 0. The average molecular weight is 299 g/mol. The molecule has 18 heavy (non-hydrogen) atoms. The number of rotatable bonds is 2. The van der Waals surface area contributed by atoms with Crippen molar-refractivity contribution in [3.8, 4) is 0 Å². The lowest BCUT2D eigenvalue weighted by molar-refractivity contribution is 1.37. The second-order valence-corrected chi connectivity index (χ2v) is 4.94. The molecule has 3 rings (SSSR count). The predicted octanol–water partition coefficient (Wildman–Crippen LogP) is 4.74. The zero-order valence-corrected chi connectivity index (χ0v) is 11.2. The molecule has 0 spiro atoms. The molecule has 0 unspecified atom stereocenters. The van der Waals surface area contributed by atoms with Crippen LogP contribution in [0.5, 0.6) is 0 Å². The Labute approximate surface area is 114 Å². The fourth-order valence-corrected chi connectivity index (χ4v) is 2.08. The van der Waals surface area contributed by atoms with E-state index < -0.39 is 0 Å². The van der Waals surface area contributed by atoms with Crippen molar-refractivity contribution in [1.82, 2.24) is 4.98 Å². The number of hydrogen-bond donors (Lipinski definition) is 1.